The minimum Gasteiger partial charge on any atom is -0.481 e. The Balaban J connectivity index is 1.30. The van der Waals surface area contributed by atoms with Gasteiger partial charge in [-0.15, -0.1) is 0 Å². The molecule has 0 aromatic rings. The minimum absolute atomic E-state index is 0.109. The topological polar surface area (TPSA) is 72.8 Å². The van der Waals surface area contributed by atoms with Crippen LogP contribution in [0.2, 0.25) is 0 Å². The molecule has 0 aromatic heterocycles. The zero-order valence-corrected chi connectivity index (χ0v) is 14.8. The molecule has 24 heavy (non-hydrogen) atoms. The summed E-state index contributed by atoms with van der Waals surface area (Å²) in [7, 11) is 0. The standard InChI is InChI=1S/C19H32O5/c20-16-24-19(12-13-19)9-5-3-7-15-23-14-6-2-1-4-8-18(10-11-18)17(21)22/h16H,1-15H2,(H,21,22). The number of carboxylic acids is 1. The fraction of sp³-hybridized carbons (Fsp3) is 0.895. The van der Waals surface area contributed by atoms with Gasteiger partial charge in [0.25, 0.3) is 6.47 Å². The Morgan fingerprint density at radius 2 is 1.46 bits per heavy atom. The molecule has 0 saturated heterocycles. The van der Waals surface area contributed by atoms with E-state index >= 15 is 0 Å². The molecule has 2 fully saturated rings. The molecule has 1 N–H and O–H groups in total. The number of hydrogen-bond acceptors (Lipinski definition) is 4. The third-order valence-corrected chi connectivity index (χ3v) is 5.53. The van der Waals surface area contributed by atoms with Crippen molar-refractivity contribution in [3.8, 4) is 0 Å². The van der Waals surface area contributed by atoms with E-state index in [1.807, 2.05) is 0 Å². The number of unbranched alkanes of at least 4 members (excludes halogenated alkanes) is 5. The Labute approximate surface area is 145 Å². The number of carboxylic acid groups (broad SMARTS) is 1. The van der Waals surface area contributed by atoms with Gasteiger partial charge in [-0.25, -0.2) is 0 Å². The molecule has 0 amide bonds. The van der Waals surface area contributed by atoms with Gasteiger partial charge in [0.15, 0.2) is 0 Å². The fourth-order valence-electron chi connectivity index (χ4n) is 3.34. The van der Waals surface area contributed by atoms with Crippen LogP contribution >= 0.6 is 0 Å². The lowest BCUT2D eigenvalue weighted by Gasteiger charge is -2.12. The lowest BCUT2D eigenvalue weighted by atomic mass is 9.98. The van der Waals surface area contributed by atoms with Gasteiger partial charge in [-0.3, -0.25) is 9.59 Å². The van der Waals surface area contributed by atoms with Crippen LogP contribution in [0.3, 0.4) is 0 Å². The minimum atomic E-state index is -0.601. The second-order valence-electron chi connectivity index (χ2n) is 7.57. The Morgan fingerprint density at radius 3 is 2.00 bits per heavy atom. The molecule has 2 rings (SSSR count). The van der Waals surface area contributed by atoms with E-state index in [9.17, 15) is 9.59 Å². The monoisotopic (exact) mass is 340 g/mol. The largest absolute Gasteiger partial charge is 0.481 e. The summed E-state index contributed by atoms with van der Waals surface area (Å²) in [6.07, 6.45) is 13.2. The van der Waals surface area contributed by atoms with E-state index < -0.39 is 5.97 Å². The first kappa shape index (κ1) is 19.2. The van der Waals surface area contributed by atoms with Crippen LogP contribution in [-0.4, -0.2) is 36.4 Å². The summed E-state index contributed by atoms with van der Waals surface area (Å²) in [5, 5.41) is 9.10. The first-order valence-electron chi connectivity index (χ1n) is 9.55. The molecule has 0 bridgehead atoms. The van der Waals surface area contributed by atoms with Gasteiger partial charge in [0.2, 0.25) is 0 Å². The van der Waals surface area contributed by atoms with Gasteiger partial charge in [-0.2, -0.15) is 0 Å². The summed E-state index contributed by atoms with van der Waals surface area (Å²) < 4.78 is 10.8. The molecule has 0 unspecified atom stereocenters. The summed E-state index contributed by atoms with van der Waals surface area (Å²) in [5.41, 5.74) is -0.464. The molecular formula is C19H32O5. The van der Waals surface area contributed by atoms with Crippen LogP contribution < -0.4 is 0 Å². The average Bonchev–Trinajstić information content (AvgIpc) is 3.46. The van der Waals surface area contributed by atoms with Crippen molar-refractivity contribution in [1.82, 2.24) is 0 Å². The van der Waals surface area contributed by atoms with Crippen LogP contribution in [0.5, 0.6) is 0 Å². The van der Waals surface area contributed by atoms with Crippen molar-refractivity contribution in [3.05, 3.63) is 0 Å². The first-order chi connectivity index (χ1) is 11.6. The maximum absolute atomic E-state index is 11.0. The summed E-state index contributed by atoms with van der Waals surface area (Å²) in [4.78, 5) is 21.4. The van der Waals surface area contributed by atoms with Gasteiger partial charge in [0.05, 0.1) is 5.41 Å². The first-order valence-corrected chi connectivity index (χ1v) is 9.55. The van der Waals surface area contributed by atoms with E-state index in [0.29, 0.717) is 6.47 Å². The smallest absolute Gasteiger partial charge is 0.309 e. The van der Waals surface area contributed by atoms with E-state index in [1.165, 1.54) is 0 Å². The molecule has 0 spiro atoms. The van der Waals surface area contributed by atoms with Crippen LogP contribution in [0, 0.1) is 5.41 Å². The molecule has 2 aliphatic carbocycles. The highest BCUT2D eigenvalue weighted by atomic mass is 16.5. The molecule has 0 atom stereocenters. The van der Waals surface area contributed by atoms with Crippen molar-refractivity contribution in [3.63, 3.8) is 0 Å². The second kappa shape index (κ2) is 9.40. The molecule has 0 aromatic carbocycles. The quantitative estimate of drug-likeness (QED) is 0.338. The number of ether oxygens (including phenoxy) is 2. The Kier molecular flexibility index (Phi) is 7.53. The maximum Gasteiger partial charge on any atom is 0.309 e. The van der Waals surface area contributed by atoms with Gasteiger partial charge in [-0.05, 0) is 57.8 Å². The van der Waals surface area contributed by atoms with Crippen molar-refractivity contribution in [2.75, 3.05) is 13.2 Å². The molecule has 5 heteroatoms. The van der Waals surface area contributed by atoms with Crippen LogP contribution in [0.25, 0.3) is 0 Å². The molecule has 5 nitrogen and oxygen atoms in total. The number of aliphatic carboxylic acids is 1. The molecule has 2 saturated carbocycles. The van der Waals surface area contributed by atoms with Crippen LogP contribution in [0.15, 0.2) is 0 Å². The number of carbonyl (C=O) groups excluding carboxylic acids is 1. The molecule has 0 heterocycles. The summed E-state index contributed by atoms with van der Waals surface area (Å²) in [6.45, 7) is 2.20. The maximum atomic E-state index is 11.0. The predicted molar refractivity (Wildman–Crippen MR) is 90.8 cm³/mol. The van der Waals surface area contributed by atoms with Crippen LogP contribution in [0.4, 0.5) is 0 Å². The normalized spacial score (nSPS) is 19.7. The van der Waals surface area contributed by atoms with E-state index in [4.69, 9.17) is 14.6 Å². The molecule has 0 aliphatic heterocycles. The summed E-state index contributed by atoms with van der Waals surface area (Å²) in [6, 6.07) is 0. The van der Waals surface area contributed by atoms with Crippen LogP contribution in [-0.2, 0) is 19.1 Å². The number of hydrogen-bond donors (Lipinski definition) is 1. The summed E-state index contributed by atoms with van der Waals surface area (Å²) >= 11 is 0. The Bertz CT molecular complexity index is 399. The van der Waals surface area contributed by atoms with Crippen molar-refractivity contribution in [1.29, 1.82) is 0 Å². The Morgan fingerprint density at radius 1 is 0.875 bits per heavy atom. The van der Waals surface area contributed by atoms with E-state index in [-0.39, 0.29) is 11.0 Å². The fourth-order valence-corrected chi connectivity index (χ4v) is 3.34. The van der Waals surface area contributed by atoms with Crippen molar-refractivity contribution < 1.29 is 24.2 Å². The molecule has 0 radical (unpaired) electrons. The third-order valence-electron chi connectivity index (χ3n) is 5.53. The molecule has 138 valence electrons. The SMILES string of the molecule is O=COC1(CCCCCOCCCCCCC2(C(=O)O)CC2)CC1. The van der Waals surface area contributed by atoms with Crippen molar-refractivity contribution >= 4 is 12.4 Å². The number of rotatable bonds is 16. The zero-order valence-electron chi connectivity index (χ0n) is 14.8. The molecular weight excluding hydrogens is 308 g/mol. The van der Waals surface area contributed by atoms with Crippen LogP contribution in [0.1, 0.15) is 83.5 Å². The van der Waals surface area contributed by atoms with Gasteiger partial charge in [0.1, 0.15) is 5.60 Å². The highest BCUT2D eigenvalue weighted by Gasteiger charge is 2.49. The highest BCUT2D eigenvalue weighted by molar-refractivity contribution is 5.77. The highest BCUT2D eigenvalue weighted by Crippen LogP contribution is 2.50. The second-order valence-corrected chi connectivity index (χ2v) is 7.57. The van der Waals surface area contributed by atoms with Gasteiger partial charge < -0.3 is 14.6 Å². The van der Waals surface area contributed by atoms with Crippen molar-refractivity contribution in [2.24, 2.45) is 5.41 Å². The molecule has 2 aliphatic rings. The predicted octanol–water partition coefficient (Wildman–Crippen LogP) is 4.08. The lowest BCUT2D eigenvalue weighted by Crippen LogP contribution is -2.14. The van der Waals surface area contributed by atoms with Gasteiger partial charge in [-0.1, -0.05) is 25.7 Å². The lowest BCUT2D eigenvalue weighted by molar-refractivity contribution is -0.143. The summed E-state index contributed by atoms with van der Waals surface area (Å²) in [5.74, 6) is -0.601. The van der Waals surface area contributed by atoms with E-state index in [0.717, 1.165) is 96.7 Å². The van der Waals surface area contributed by atoms with Gasteiger partial charge in [0, 0.05) is 13.2 Å². The third kappa shape index (κ3) is 6.42. The zero-order chi connectivity index (χ0) is 17.3. The average molecular weight is 340 g/mol. The van der Waals surface area contributed by atoms with E-state index in [2.05, 4.69) is 0 Å². The van der Waals surface area contributed by atoms with Gasteiger partial charge >= 0.3 is 5.97 Å². The van der Waals surface area contributed by atoms with E-state index in [1.54, 1.807) is 0 Å². The van der Waals surface area contributed by atoms with Crippen molar-refractivity contribution in [2.45, 2.75) is 89.1 Å². The number of carbonyl (C=O) groups is 2. The Hall–Kier alpha value is -1.10.